The number of nitrogens with zero attached hydrogens (tertiary/aromatic N) is 2. The molecule has 0 spiro atoms. The summed E-state index contributed by atoms with van der Waals surface area (Å²) in [5, 5.41) is 3.63. The third kappa shape index (κ3) is 3.67. The fraction of sp³-hybridized carbons (Fsp3) is 0.737. The van der Waals surface area contributed by atoms with Crippen LogP contribution in [0.5, 0.6) is 0 Å². The molecule has 24 heavy (non-hydrogen) atoms. The van der Waals surface area contributed by atoms with E-state index in [-0.39, 0.29) is 5.91 Å². The largest absolute Gasteiger partial charge is 0.456 e. The van der Waals surface area contributed by atoms with E-state index in [1.807, 2.05) is 11.0 Å². The van der Waals surface area contributed by atoms with Crippen LogP contribution < -0.4 is 5.32 Å². The average molecular weight is 333 g/mol. The Labute approximate surface area is 145 Å². The maximum absolute atomic E-state index is 12.9. The minimum Gasteiger partial charge on any atom is -0.456 e. The van der Waals surface area contributed by atoms with Gasteiger partial charge in [-0.05, 0) is 38.4 Å². The molecule has 134 valence electrons. The van der Waals surface area contributed by atoms with E-state index in [2.05, 4.69) is 31.0 Å². The van der Waals surface area contributed by atoms with Gasteiger partial charge in [0, 0.05) is 43.7 Å². The van der Waals surface area contributed by atoms with Gasteiger partial charge in [-0.25, -0.2) is 0 Å². The molecule has 0 radical (unpaired) electrons. The fourth-order valence-electron chi connectivity index (χ4n) is 3.98. The van der Waals surface area contributed by atoms with Gasteiger partial charge >= 0.3 is 0 Å². The number of nitrogens with one attached hydrogen (secondary N) is 1. The summed E-state index contributed by atoms with van der Waals surface area (Å²) < 4.78 is 5.95. The van der Waals surface area contributed by atoms with Gasteiger partial charge in [-0.2, -0.15) is 0 Å². The van der Waals surface area contributed by atoms with Crippen molar-refractivity contribution in [1.82, 2.24) is 15.1 Å². The van der Waals surface area contributed by atoms with Gasteiger partial charge < -0.3 is 14.6 Å². The molecule has 1 amide bonds. The highest BCUT2D eigenvalue weighted by atomic mass is 16.4. The predicted octanol–water partition coefficient (Wildman–Crippen LogP) is 2.65. The number of furan rings is 1. The number of carbonyl (C=O) groups excluding carboxylic acids is 1. The minimum atomic E-state index is 0.0600. The lowest BCUT2D eigenvalue weighted by Crippen LogP contribution is -2.38. The quantitative estimate of drug-likeness (QED) is 0.869. The van der Waals surface area contributed by atoms with Gasteiger partial charge in [0.15, 0.2) is 5.76 Å². The van der Waals surface area contributed by atoms with Gasteiger partial charge in [-0.1, -0.05) is 20.8 Å². The smallest absolute Gasteiger partial charge is 0.289 e. The number of rotatable bonds is 6. The van der Waals surface area contributed by atoms with Crippen LogP contribution in [0.2, 0.25) is 0 Å². The maximum Gasteiger partial charge on any atom is 0.289 e. The van der Waals surface area contributed by atoms with E-state index in [0.717, 1.165) is 51.3 Å². The summed E-state index contributed by atoms with van der Waals surface area (Å²) in [6, 6.07) is 3.03. The van der Waals surface area contributed by atoms with Crippen LogP contribution in [0.1, 0.15) is 61.9 Å². The van der Waals surface area contributed by atoms with Gasteiger partial charge in [0.25, 0.3) is 5.91 Å². The third-order valence-electron chi connectivity index (χ3n) is 5.53. The number of hydrogen-bond acceptors (Lipinski definition) is 4. The standard InChI is InChI=1S/C19H31N3O2/c1-4-17-14(12-21(5-2)6-3)11-18(24-17)19(23)22-10-9-15-7-8-16(13-22)20-15/h11,15-16,20H,4-10,12-13H2,1-3H3/t15-,16+/m0/s1. The zero-order valence-corrected chi connectivity index (χ0v) is 15.3. The summed E-state index contributed by atoms with van der Waals surface area (Å²) in [5.41, 5.74) is 1.17. The van der Waals surface area contributed by atoms with E-state index in [9.17, 15) is 4.79 Å². The molecule has 5 heteroatoms. The second-order valence-corrected chi connectivity index (χ2v) is 7.05. The van der Waals surface area contributed by atoms with Crippen molar-refractivity contribution in [2.24, 2.45) is 0 Å². The minimum absolute atomic E-state index is 0.0600. The molecule has 1 N–H and O–H groups in total. The summed E-state index contributed by atoms with van der Waals surface area (Å²) >= 11 is 0. The molecule has 0 aliphatic carbocycles. The Kier molecular flexibility index (Phi) is 5.61. The highest BCUT2D eigenvalue weighted by Crippen LogP contribution is 2.24. The number of likely N-dealkylation sites (tertiary alicyclic amines) is 1. The van der Waals surface area contributed by atoms with Crippen molar-refractivity contribution < 1.29 is 9.21 Å². The molecule has 0 unspecified atom stereocenters. The van der Waals surface area contributed by atoms with Crippen LogP contribution in [0.25, 0.3) is 0 Å². The number of amides is 1. The molecule has 0 saturated carbocycles. The molecule has 1 aromatic heterocycles. The predicted molar refractivity (Wildman–Crippen MR) is 95.2 cm³/mol. The molecular formula is C19H31N3O2. The molecule has 3 heterocycles. The zero-order valence-electron chi connectivity index (χ0n) is 15.3. The van der Waals surface area contributed by atoms with E-state index in [0.29, 0.717) is 17.8 Å². The Morgan fingerprint density at radius 1 is 1.25 bits per heavy atom. The second-order valence-electron chi connectivity index (χ2n) is 7.05. The summed E-state index contributed by atoms with van der Waals surface area (Å²) in [6.45, 7) is 10.9. The van der Waals surface area contributed by atoms with Gasteiger partial charge in [-0.15, -0.1) is 0 Å². The molecule has 2 bridgehead atoms. The lowest BCUT2D eigenvalue weighted by atomic mass is 10.1. The van der Waals surface area contributed by atoms with Crippen molar-refractivity contribution in [3.63, 3.8) is 0 Å². The number of fused-ring (bicyclic) bond motifs is 2. The Morgan fingerprint density at radius 2 is 2.00 bits per heavy atom. The first kappa shape index (κ1) is 17.5. The number of aryl methyl sites for hydroxylation is 1. The van der Waals surface area contributed by atoms with Gasteiger partial charge in [-0.3, -0.25) is 9.69 Å². The van der Waals surface area contributed by atoms with Gasteiger partial charge in [0.2, 0.25) is 0 Å². The molecule has 5 nitrogen and oxygen atoms in total. The van der Waals surface area contributed by atoms with Crippen LogP contribution in [0.15, 0.2) is 10.5 Å². The number of carbonyl (C=O) groups is 1. The van der Waals surface area contributed by atoms with Crippen LogP contribution in [-0.4, -0.2) is 54.0 Å². The van der Waals surface area contributed by atoms with Crippen LogP contribution in [0, 0.1) is 0 Å². The van der Waals surface area contributed by atoms with Crippen molar-refractivity contribution >= 4 is 5.91 Å². The maximum atomic E-state index is 12.9. The van der Waals surface area contributed by atoms with Crippen molar-refractivity contribution in [2.45, 2.75) is 65.1 Å². The number of hydrogen-bond donors (Lipinski definition) is 1. The molecular weight excluding hydrogens is 302 g/mol. The highest BCUT2D eigenvalue weighted by Gasteiger charge is 2.32. The third-order valence-corrected chi connectivity index (χ3v) is 5.53. The van der Waals surface area contributed by atoms with Gasteiger partial charge in [0.1, 0.15) is 5.76 Å². The topological polar surface area (TPSA) is 48.7 Å². The molecule has 2 aliphatic rings. The fourth-order valence-corrected chi connectivity index (χ4v) is 3.98. The van der Waals surface area contributed by atoms with E-state index in [4.69, 9.17) is 4.42 Å². The van der Waals surface area contributed by atoms with Crippen LogP contribution in [0.4, 0.5) is 0 Å². The Bertz CT molecular complexity index is 565. The molecule has 3 rings (SSSR count). The van der Waals surface area contributed by atoms with Crippen molar-refractivity contribution in [3.8, 4) is 0 Å². The Morgan fingerprint density at radius 3 is 2.71 bits per heavy atom. The summed E-state index contributed by atoms with van der Waals surface area (Å²) in [4.78, 5) is 17.3. The van der Waals surface area contributed by atoms with Crippen LogP contribution in [0.3, 0.4) is 0 Å². The van der Waals surface area contributed by atoms with E-state index in [1.54, 1.807) is 0 Å². The molecule has 2 atom stereocenters. The summed E-state index contributed by atoms with van der Waals surface area (Å²) in [7, 11) is 0. The van der Waals surface area contributed by atoms with Crippen LogP contribution in [-0.2, 0) is 13.0 Å². The molecule has 2 fully saturated rings. The summed E-state index contributed by atoms with van der Waals surface area (Å²) in [6.07, 6.45) is 4.31. The first-order valence-corrected chi connectivity index (χ1v) is 9.53. The molecule has 2 saturated heterocycles. The molecule has 0 aromatic carbocycles. The van der Waals surface area contributed by atoms with Crippen molar-refractivity contribution in [3.05, 3.63) is 23.2 Å². The SMILES string of the molecule is CCc1oc(C(=O)N2CC[C@@H]3CC[C@H](C2)N3)cc1CN(CC)CC. The van der Waals surface area contributed by atoms with Crippen LogP contribution >= 0.6 is 0 Å². The van der Waals surface area contributed by atoms with Crippen molar-refractivity contribution in [1.29, 1.82) is 0 Å². The van der Waals surface area contributed by atoms with E-state index < -0.39 is 0 Å². The van der Waals surface area contributed by atoms with E-state index >= 15 is 0 Å². The first-order valence-electron chi connectivity index (χ1n) is 9.53. The lowest BCUT2D eigenvalue weighted by molar-refractivity contribution is 0.0714. The van der Waals surface area contributed by atoms with E-state index in [1.165, 1.54) is 18.4 Å². The lowest BCUT2D eigenvalue weighted by Gasteiger charge is -2.23. The Balaban J connectivity index is 1.73. The van der Waals surface area contributed by atoms with Crippen molar-refractivity contribution in [2.75, 3.05) is 26.2 Å². The van der Waals surface area contributed by atoms with Gasteiger partial charge in [0.05, 0.1) is 0 Å². The monoisotopic (exact) mass is 333 g/mol. The first-order chi connectivity index (χ1) is 11.6. The summed E-state index contributed by atoms with van der Waals surface area (Å²) in [5.74, 6) is 1.54. The second kappa shape index (κ2) is 7.70. The zero-order chi connectivity index (χ0) is 17.1. The molecule has 2 aliphatic heterocycles. The highest BCUT2D eigenvalue weighted by molar-refractivity contribution is 5.92. The normalized spacial score (nSPS) is 23.8. The molecule has 1 aromatic rings. The Hall–Kier alpha value is -1.33. The average Bonchev–Trinajstić information content (AvgIpc) is 3.14.